The smallest absolute Gasteiger partial charge is 0.260 e. The number of aryl methyl sites for hydroxylation is 1. The van der Waals surface area contributed by atoms with Crippen molar-refractivity contribution in [2.24, 2.45) is 0 Å². The number of carbonyl (C=O) groups is 1. The number of aromatic nitrogens is 3. The van der Waals surface area contributed by atoms with Gasteiger partial charge in [-0.2, -0.15) is 0 Å². The van der Waals surface area contributed by atoms with E-state index in [0.717, 1.165) is 42.3 Å². The van der Waals surface area contributed by atoms with Gasteiger partial charge in [0.2, 0.25) is 0 Å². The lowest BCUT2D eigenvalue weighted by Gasteiger charge is -2.35. The Labute approximate surface area is 176 Å². The van der Waals surface area contributed by atoms with Crippen molar-refractivity contribution in [3.8, 4) is 17.0 Å². The third kappa shape index (κ3) is 4.74. The van der Waals surface area contributed by atoms with Crippen LogP contribution in [0.15, 0.2) is 60.9 Å². The van der Waals surface area contributed by atoms with Gasteiger partial charge in [0, 0.05) is 44.1 Å². The summed E-state index contributed by atoms with van der Waals surface area (Å²) in [4.78, 5) is 20.5. The Bertz CT molecular complexity index is 953. The fourth-order valence-corrected chi connectivity index (χ4v) is 3.41. The van der Waals surface area contributed by atoms with Crippen LogP contribution in [0.25, 0.3) is 11.3 Å². The molecule has 0 atom stereocenters. The van der Waals surface area contributed by atoms with Crippen LogP contribution in [-0.2, 0) is 11.2 Å². The number of amides is 1. The monoisotopic (exact) mass is 403 g/mol. The number of piperazine rings is 1. The standard InChI is InChI=1S/C23H25N5O2/c1-2-18-3-5-20(6-4-18)30-17-23(29)28-15-13-27(14-16-28)22-8-7-21(25-26-22)19-9-11-24-12-10-19/h3-12H,2,13-17H2,1H3. The van der Waals surface area contributed by atoms with E-state index < -0.39 is 0 Å². The quantitative estimate of drug-likeness (QED) is 0.630. The summed E-state index contributed by atoms with van der Waals surface area (Å²) in [7, 11) is 0. The highest BCUT2D eigenvalue weighted by Crippen LogP contribution is 2.19. The topological polar surface area (TPSA) is 71.5 Å². The average molecular weight is 403 g/mol. The minimum Gasteiger partial charge on any atom is -0.484 e. The van der Waals surface area contributed by atoms with Crippen molar-refractivity contribution >= 4 is 11.7 Å². The number of hydrogen-bond donors (Lipinski definition) is 0. The minimum absolute atomic E-state index is 0.00772. The van der Waals surface area contributed by atoms with Crippen LogP contribution in [0.3, 0.4) is 0 Å². The zero-order valence-electron chi connectivity index (χ0n) is 17.1. The Hall–Kier alpha value is -3.48. The second kappa shape index (κ2) is 9.35. The van der Waals surface area contributed by atoms with Crippen LogP contribution in [0.4, 0.5) is 5.82 Å². The molecule has 0 unspecified atom stereocenters. The van der Waals surface area contributed by atoms with Crippen LogP contribution in [0.5, 0.6) is 5.75 Å². The summed E-state index contributed by atoms with van der Waals surface area (Å²) < 4.78 is 5.66. The molecule has 0 radical (unpaired) electrons. The first kappa shape index (κ1) is 19.8. The van der Waals surface area contributed by atoms with Gasteiger partial charge < -0.3 is 14.5 Å². The zero-order valence-corrected chi connectivity index (χ0v) is 17.1. The van der Waals surface area contributed by atoms with Gasteiger partial charge in [0.15, 0.2) is 12.4 Å². The van der Waals surface area contributed by atoms with E-state index in [4.69, 9.17) is 4.74 Å². The van der Waals surface area contributed by atoms with Crippen molar-refractivity contribution in [2.75, 3.05) is 37.7 Å². The van der Waals surface area contributed by atoms with Gasteiger partial charge >= 0.3 is 0 Å². The van der Waals surface area contributed by atoms with Crippen LogP contribution in [0.1, 0.15) is 12.5 Å². The summed E-state index contributed by atoms with van der Waals surface area (Å²) in [5.74, 6) is 1.56. The highest BCUT2D eigenvalue weighted by Gasteiger charge is 2.22. The van der Waals surface area contributed by atoms with Crippen LogP contribution >= 0.6 is 0 Å². The van der Waals surface area contributed by atoms with Crippen LogP contribution in [0.2, 0.25) is 0 Å². The Morgan fingerprint density at radius 3 is 2.30 bits per heavy atom. The minimum atomic E-state index is 0.00772. The van der Waals surface area contributed by atoms with Gasteiger partial charge in [-0.05, 0) is 48.4 Å². The number of carbonyl (C=O) groups excluding carboxylic acids is 1. The van der Waals surface area contributed by atoms with Crippen molar-refractivity contribution in [3.63, 3.8) is 0 Å². The molecule has 3 aromatic rings. The number of ether oxygens (including phenoxy) is 1. The molecule has 2 aromatic heterocycles. The van der Waals surface area contributed by atoms with E-state index in [-0.39, 0.29) is 12.5 Å². The Kier molecular flexibility index (Phi) is 6.17. The van der Waals surface area contributed by atoms with E-state index in [1.54, 1.807) is 12.4 Å². The second-order valence-electron chi connectivity index (χ2n) is 7.17. The van der Waals surface area contributed by atoms with Crippen LogP contribution in [0, 0.1) is 0 Å². The molecule has 0 saturated carbocycles. The summed E-state index contributed by atoms with van der Waals surface area (Å²) in [5.41, 5.74) is 3.06. The van der Waals surface area contributed by atoms with Gasteiger partial charge in [-0.1, -0.05) is 19.1 Å². The second-order valence-corrected chi connectivity index (χ2v) is 7.17. The maximum atomic E-state index is 12.5. The fraction of sp³-hybridized carbons (Fsp3) is 0.304. The first-order valence-electron chi connectivity index (χ1n) is 10.2. The molecular weight excluding hydrogens is 378 g/mol. The molecular formula is C23H25N5O2. The molecule has 0 bridgehead atoms. The molecule has 7 heteroatoms. The highest BCUT2D eigenvalue weighted by molar-refractivity contribution is 5.78. The predicted octanol–water partition coefficient (Wildman–Crippen LogP) is 2.83. The molecule has 1 saturated heterocycles. The van der Waals surface area contributed by atoms with Crippen LogP contribution in [-0.4, -0.2) is 58.8 Å². The molecule has 1 fully saturated rings. The highest BCUT2D eigenvalue weighted by atomic mass is 16.5. The molecule has 4 rings (SSSR count). The maximum absolute atomic E-state index is 12.5. The van der Waals surface area contributed by atoms with Crippen molar-refractivity contribution < 1.29 is 9.53 Å². The molecule has 0 aliphatic carbocycles. The van der Waals surface area contributed by atoms with Gasteiger partial charge in [-0.15, -0.1) is 10.2 Å². The van der Waals surface area contributed by atoms with E-state index in [0.29, 0.717) is 13.1 Å². The molecule has 30 heavy (non-hydrogen) atoms. The third-order valence-corrected chi connectivity index (χ3v) is 5.28. The van der Waals surface area contributed by atoms with Gasteiger partial charge in [0.05, 0.1) is 5.69 Å². The lowest BCUT2D eigenvalue weighted by atomic mass is 10.2. The predicted molar refractivity (Wildman–Crippen MR) is 115 cm³/mol. The van der Waals surface area contributed by atoms with Crippen LogP contribution < -0.4 is 9.64 Å². The first-order valence-corrected chi connectivity index (χ1v) is 10.2. The number of anilines is 1. The van der Waals surface area contributed by atoms with Crippen molar-refractivity contribution in [1.29, 1.82) is 0 Å². The number of nitrogens with zero attached hydrogens (tertiary/aromatic N) is 5. The number of rotatable bonds is 6. The van der Waals surface area contributed by atoms with Crippen molar-refractivity contribution in [2.45, 2.75) is 13.3 Å². The van der Waals surface area contributed by atoms with E-state index in [9.17, 15) is 4.79 Å². The molecule has 0 spiro atoms. The maximum Gasteiger partial charge on any atom is 0.260 e. The summed E-state index contributed by atoms with van der Waals surface area (Å²) in [6.45, 7) is 4.90. The molecule has 154 valence electrons. The SMILES string of the molecule is CCc1ccc(OCC(=O)N2CCN(c3ccc(-c4ccncc4)nn3)CC2)cc1. The fourth-order valence-electron chi connectivity index (χ4n) is 3.41. The summed E-state index contributed by atoms with van der Waals surface area (Å²) in [6, 6.07) is 15.6. The zero-order chi connectivity index (χ0) is 20.8. The summed E-state index contributed by atoms with van der Waals surface area (Å²) in [5, 5.41) is 8.70. The molecule has 7 nitrogen and oxygen atoms in total. The average Bonchev–Trinajstić information content (AvgIpc) is 2.83. The van der Waals surface area contributed by atoms with Gasteiger partial charge in [-0.3, -0.25) is 9.78 Å². The summed E-state index contributed by atoms with van der Waals surface area (Å²) >= 11 is 0. The van der Waals surface area contributed by atoms with Crippen molar-refractivity contribution in [3.05, 3.63) is 66.5 Å². The third-order valence-electron chi connectivity index (χ3n) is 5.28. The van der Waals surface area contributed by atoms with Gasteiger partial charge in [-0.25, -0.2) is 0 Å². The van der Waals surface area contributed by atoms with E-state index in [1.807, 2.05) is 53.4 Å². The molecule has 1 amide bonds. The Morgan fingerprint density at radius 1 is 0.933 bits per heavy atom. The van der Waals surface area contributed by atoms with E-state index in [2.05, 4.69) is 27.0 Å². The Balaban J connectivity index is 1.27. The number of hydrogen-bond acceptors (Lipinski definition) is 6. The van der Waals surface area contributed by atoms with Gasteiger partial charge in [0.25, 0.3) is 5.91 Å². The van der Waals surface area contributed by atoms with Crippen molar-refractivity contribution in [1.82, 2.24) is 20.1 Å². The molecule has 1 aliphatic rings. The number of benzene rings is 1. The molecule has 0 N–H and O–H groups in total. The Morgan fingerprint density at radius 2 is 1.67 bits per heavy atom. The first-order chi connectivity index (χ1) is 14.7. The molecule has 1 aromatic carbocycles. The largest absolute Gasteiger partial charge is 0.484 e. The molecule has 1 aliphatic heterocycles. The lowest BCUT2D eigenvalue weighted by Crippen LogP contribution is -2.50. The van der Waals surface area contributed by atoms with E-state index >= 15 is 0 Å². The molecule has 3 heterocycles. The normalized spacial score (nSPS) is 13.9. The number of pyridine rings is 1. The summed E-state index contributed by atoms with van der Waals surface area (Å²) in [6.07, 6.45) is 4.47. The van der Waals surface area contributed by atoms with Gasteiger partial charge in [0.1, 0.15) is 5.75 Å². The van der Waals surface area contributed by atoms with E-state index in [1.165, 1.54) is 5.56 Å². The lowest BCUT2D eigenvalue weighted by molar-refractivity contribution is -0.133.